The first-order valence-electron chi connectivity index (χ1n) is 26.1. The molecule has 10 heteroatoms. The van der Waals surface area contributed by atoms with Crippen LogP contribution < -0.4 is 0 Å². The molecule has 0 aromatic rings. The van der Waals surface area contributed by atoms with E-state index in [1.807, 2.05) is 0 Å². The monoisotopic (exact) mass is 871 g/mol. The molecule has 1 fully saturated rings. The van der Waals surface area contributed by atoms with Gasteiger partial charge in [0, 0.05) is 12.8 Å². The second-order valence-electron chi connectivity index (χ2n) is 18.3. The van der Waals surface area contributed by atoms with E-state index in [4.69, 9.17) is 18.9 Å². The summed E-state index contributed by atoms with van der Waals surface area (Å²) in [6.07, 6.45) is 38.3. The topological polar surface area (TPSA) is 152 Å². The second kappa shape index (κ2) is 42.6. The van der Waals surface area contributed by atoms with E-state index in [0.717, 1.165) is 32.1 Å². The molecular formula is C51H98O10. The molecule has 61 heavy (non-hydrogen) atoms. The molecule has 0 aromatic carbocycles. The Morgan fingerprint density at radius 1 is 0.443 bits per heavy atom. The lowest BCUT2D eigenvalue weighted by Gasteiger charge is -2.39. The van der Waals surface area contributed by atoms with Gasteiger partial charge in [0.2, 0.25) is 0 Å². The summed E-state index contributed by atoms with van der Waals surface area (Å²) in [4.78, 5) is 25.4. The van der Waals surface area contributed by atoms with E-state index in [0.29, 0.717) is 6.42 Å². The third-order valence-corrected chi connectivity index (χ3v) is 12.5. The summed E-state index contributed by atoms with van der Waals surface area (Å²) in [6, 6.07) is 0. The molecule has 1 saturated heterocycles. The number of aliphatic hydroxyl groups is 4. The van der Waals surface area contributed by atoms with Gasteiger partial charge in [-0.3, -0.25) is 9.59 Å². The molecule has 6 unspecified atom stereocenters. The molecule has 10 nitrogen and oxygen atoms in total. The Balaban J connectivity index is 2.20. The van der Waals surface area contributed by atoms with E-state index in [2.05, 4.69) is 13.8 Å². The van der Waals surface area contributed by atoms with Gasteiger partial charge < -0.3 is 39.4 Å². The summed E-state index contributed by atoms with van der Waals surface area (Å²) in [5.41, 5.74) is 0. The zero-order chi connectivity index (χ0) is 44.4. The maximum absolute atomic E-state index is 12.8. The number of hydrogen-bond donors (Lipinski definition) is 4. The number of ether oxygens (including phenoxy) is 4. The molecule has 4 N–H and O–H groups in total. The van der Waals surface area contributed by atoms with Crippen molar-refractivity contribution in [1.82, 2.24) is 0 Å². The first-order chi connectivity index (χ1) is 29.8. The molecule has 0 radical (unpaired) electrons. The van der Waals surface area contributed by atoms with Gasteiger partial charge in [0.15, 0.2) is 12.4 Å². The zero-order valence-corrected chi connectivity index (χ0v) is 39.7. The lowest BCUT2D eigenvalue weighted by molar-refractivity contribution is -0.305. The number of carbonyl (C=O) groups excluding carboxylic acids is 2. The maximum Gasteiger partial charge on any atom is 0.306 e. The average molecular weight is 871 g/mol. The fraction of sp³-hybridized carbons (Fsp3) is 0.961. The van der Waals surface area contributed by atoms with E-state index in [1.165, 1.54) is 193 Å². The van der Waals surface area contributed by atoms with Gasteiger partial charge in [0.25, 0.3) is 0 Å². The van der Waals surface area contributed by atoms with Crippen molar-refractivity contribution in [2.45, 2.75) is 295 Å². The van der Waals surface area contributed by atoms with Crippen molar-refractivity contribution in [3.8, 4) is 0 Å². The van der Waals surface area contributed by atoms with Crippen LogP contribution in [0.1, 0.15) is 258 Å². The standard InChI is InChI=1S/C51H98O10/c1-3-5-7-9-11-13-15-17-18-19-20-21-22-23-24-25-26-28-30-32-34-36-38-40-47(54)60-44(43-59-51-50(57)49(56)48(55)45(41-52)61-51)42-58-46(53)39-37-35-33-31-29-27-16-14-12-10-8-6-4-2/h44-45,48-52,55-57H,3-43H2,1-2H3. The molecule has 0 saturated carbocycles. The van der Waals surface area contributed by atoms with E-state index < -0.39 is 49.4 Å². The van der Waals surface area contributed by atoms with Gasteiger partial charge in [-0.2, -0.15) is 0 Å². The number of unbranched alkanes of at least 4 members (excludes halogenated alkanes) is 34. The molecule has 1 aliphatic heterocycles. The number of rotatable bonds is 45. The van der Waals surface area contributed by atoms with Crippen LogP contribution in [0.3, 0.4) is 0 Å². The number of carbonyl (C=O) groups is 2. The molecule has 362 valence electrons. The minimum absolute atomic E-state index is 0.208. The smallest absolute Gasteiger partial charge is 0.306 e. The third kappa shape index (κ3) is 33.8. The van der Waals surface area contributed by atoms with Crippen LogP contribution in [0.15, 0.2) is 0 Å². The SMILES string of the molecule is CCCCCCCCCCCCCCCCCCCCCCCCCC(=O)OC(COC(=O)CCCCCCCCCCCCCCC)COC1OC(CO)C(O)C(O)C1O. The van der Waals surface area contributed by atoms with Crippen LogP contribution in [-0.4, -0.2) is 89.0 Å². The van der Waals surface area contributed by atoms with E-state index >= 15 is 0 Å². The Labute approximate surface area is 374 Å². The van der Waals surface area contributed by atoms with Crippen molar-refractivity contribution in [2.75, 3.05) is 19.8 Å². The van der Waals surface area contributed by atoms with Crippen LogP contribution in [0.5, 0.6) is 0 Å². The van der Waals surface area contributed by atoms with E-state index in [1.54, 1.807) is 0 Å². The van der Waals surface area contributed by atoms with Crippen molar-refractivity contribution in [3.05, 3.63) is 0 Å². The maximum atomic E-state index is 12.8. The van der Waals surface area contributed by atoms with Gasteiger partial charge in [0.1, 0.15) is 31.0 Å². The van der Waals surface area contributed by atoms with Gasteiger partial charge in [0.05, 0.1) is 13.2 Å². The predicted octanol–water partition coefficient (Wildman–Crippen LogP) is 12.1. The minimum atomic E-state index is -1.59. The zero-order valence-electron chi connectivity index (χ0n) is 39.7. The molecule has 0 aliphatic carbocycles. The van der Waals surface area contributed by atoms with Crippen LogP contribution in [-0.2, 0) is 28.5 Å². The van der Waals surface area contributed by atoms with E-state index in [9.17, 15) is 30.0 Å². The van der Waals surface area contributed by atoms with Crippen molar-refractivity contribution < 1.29 is 49.0 Å². The Hall–Kier alpha value is -1.30. The van der Waals surface area contributed by atoms with Gasteiger partial charge in [-0.25, -0.2) is 0 Å². The summed E-state index contributed by atoms with van der Waals surface area (Å²) in [6.45, 7) is 3.47. The van der Waals surface area contributed by atoms with Gasteiger partial charge in [-0.05, 0) is 12.8 Å². The molecule has 1 aliphatic rings. The Morgan fingerprint density at radius 2 is 0.770 bits per heavy atom. The number of hydrogen-bond acceptors (Lipinski definition) is 10. The minimum Gasteiger partial charge on any atom is -0.462 e. The van der Waals surface area contributed by atoms with Gasteiger partial charge in [-0.15, -0.1) is 0 Å². The lowest BCUT2D eigenvalue weighted by Crippen LogP contribution is -2.59. The molecule has 0 aromatic heterocycles. The average Bonchev–Trinajstić information content (AvgIpc) is 3.26. The molecule has 6 atom stereocenters. The molecule has 1 rings (SSSR count). The van der Waals surface area contributed by atoms with Gasteiger partial charge in [-0.1, -0.05) is 232 Å². The summed E-state index contributed by atoms with van der Waals surface area (Å²) < 4.78 is 22.2. The summed E-state index contributed by atoms with van der Waals surface area (Å²) in [5.74, 6) is -0.787. The Kier molecular flexibility index (Phi) is 40.3. The fourth-order valence-electron chi connectivity index (χ4n) is 8.37. The summed E-state index contributed by atoms with van der Waals surface area (Å²) in [5, 5.41) is 40.2. The highest BCUT2D eigenvalue weighted by atomic mass is 16.7. The second-order valence-corrected chi connectivity index (χ2v) is 18.3. The molecule has 0 bridgehead atoms. The fourth-order valence-corrected chi connectivity index (χ4v) is 8.37. The molecule has 1 heterocycles. The van der Waals surface area contributed by atoms with E-state index in [-0.39, 0.29) is 32.0 Å². The van der Waals surface area contributed by atoms with Crippen molar-refractivity contribution >= 4 is 11.9 Å². The number of esters is 2. The normalized spacial score (nSPS) is 19.6. The first-order valence-corrected chi connectivity index (χ1v) is 26.1. The van der Waals surface area contributed by atoms with Crippen molar-refractivity contribution in [3.63, 3.8) is 0 Å². The third-order valence-electron chi connectivity index (χ3n) is 12.5. The van der Waals surface area contributed by atoms with Crippen molar-refractivity contribution in [1.29, 1.82) is 0 Å². The Morgan fingerprint density at radius 3 is 1.11 bits per heavy atom. The quantitative estimate of drug-likeness (QED) is 0.0344. The van der Waals surface area contributed by atoms with Crippen LogP contribution in [0.2, 0.25) is 0 Å². The summed E-state index contributed by atoms with van der Waals surface area (Å²) in [7, 11) is 0. The molecule has 0 spiro atoms. The summed E-state index contributed by atoms with van der Waals surface area (Å²) >= 11 is 0. The Bertz CT molecular complexity index is 964. The van der Waals surface area contributed by atoms with Crippen LogP contribution >= 0.6 is 0 Å². The number of aliphatic hydroxyl groups excluding tert-OH is 4. The lowest BCUT2D eigenvalue weighted by atomic mass is 9.99. The highest BCUT2D eigenvalue weighted by molar-refractivity contribution is 5.70. The first kappa shape index (κ1) is 57.7. The highest BCUT2D eigenvalue weighted by Gasteiger charge is 2.44. The van der Waals surface area contributed by atoms with Crippen molar-refractivity contribution in [2.24, 2.45) is 0 Å². The molecular weight excluding hydrogens is 773 g/mol. The molecule has 0 amide bonds. The van der Waals surface area contributed by atoms with Crippen LogP contribution in [0, 0.1) is 0 Å². The van der Waals surface area contributed by atoms with Crippen LogP contribution in [0.25, 0.3) is 0 Å². The largest absolute Gasteiger partial charge is 0.462 e. The predicted molar refractivity (Wildman–Crippen MR) is 247 cm³/mol. The van der Waals surface area contributed by atoms with Crippen LogP contribution in [0.4, 0.5) is 0 Å². The van der Waals surface area contributed by atoms with Gasteiger partial charge >= 0.3 is 11.9 Å². The highest BCUT2D eigenvalue weighted by Crippen LogP contribution is 2.23.